The van der Waals surface area contributed by atoms with Crippen molar-refractivity contribution < 1.29 is 5.11 Å². The largest absolute Gasteiger partial charge is 0.396 e. The molecule has 50 valence electrons. The average Bonchev–Trinajstić information content (AvgIpc) is 1.62. The van der Waals surface area contributed by atoms with Crippen molar-refractivity contribution in [2.24, 2.45) is 10.8 Å². The first-order chi connectivity index (χ1) is 4.24. The molecule has 9 heavy (non-hydrogen) atoms. The van der Waals surface area contributed by atoms with Crippen LogP contribution in [-0.2, 0) is 0 Å². The summed E-state index contributed by atoms with van der Waals surface area (Å²) in [6.07, 6.45) is 5.64. The highest BCUT2D eigenvalue weighted by Gasteiger charge is 2.65. The van der Waals surface area contributed by atoms with Crippen molar-refractivity contribution in [2.45, 2.75) is 19.3 Å². The van der Waals surface area contributed by atoms with Crippen LogP contribution >= 0.6 is 0 Å². The molecule has 3 rings (SSSR count). The minimum atomic E-state index is 0.355. The molecule has 0 unspecified atom stereocenters. The Kier molecular flexibility index (Phi) is 0.755. The third-order valence-corrected chi connectivity index (χ3v) is 2.95. The molecular weight excluding hydrogens is 112 g/mol. The Labute approximate surface area is 55.4 Å². The molecule has 0 spiro atoms. The van der Waals surface area contributed by atoms with Crippen molar-refractivity contribution in [1.29, 1.82) is 0 Å². The highest BCUT2D eigenvalue weighted by molar-refractivity contribution is 5.23. The second-order valence-corrected chi connectivity index (χ2v) is 3.75. The fourth-order valence-electron chi connectivity index (χ4n) is 2.47. The minimum Gasteiger partial charge on any atom is -0.396 e. The highest BCUT2D eigenvalue weighted by Crippen LogP contribution is 2.73. The van der Waals surface area contributed by atoms with Crippen LogP contribution < -0.4 is 0 Å². The Morgan fingerprint density at radius 2 is 2.00 bits per heavy atom. The topological polar surface area (TPSA) is 20.2 Å². The van der Waals surface area contributed by atoms with Crippen molar-refractivity contribution in [3.63, 3.8) is 0 Å². The Morgan fingerprint density at radius 3 is 2.33 bits per heavy atom. The Balaban J connectivity index is 2.03. The van der Waals surface area contributed by atoms with E-state index < -0.39 is 0 Å². The van der Waals surface area contributed by atoms with E-state index in [0.717, 1.165) is 0 Å². The zero-order chi connectivity index (χ0) is 6.54. The first kappa shape index (κ1) is 5.48. The fourth-order valence-corrected chi connectivity index (χ4v) is 2.47. The van der Waals surface area contributed by atoms with E-state index in [1.54, 1.807) is 0 Å². The van der Waals surface area contributed by atoms with E-state index in [1.807, 2.05) is 0 Å². The van der Waals surface area contributed by atoms with E-state index in [0.29, 0.717) is 17.4 Å². The summed E-state index contributed by atoms with van der Waals surface area (Å²) in [7, 11) is 0. The van der Waals surface area contributed by atoms with E-state index in [4.69, 9.17) is 5.11 Å². The van der Waals surface area contributed by atoms with Gasteiger partial charge >= 0.3 is 0 Å². The molecule has 0 aromatic carbocycles. The van der Waals surface area contributed by atoms with E-state index in [1.165, 1.54) is 19.3 Å². The van der Waals surface area contributed by atoms with Gasteiger partial charge in [0.15, 0.2) is 0 Å². The molecule has 0 amide bonds. The van der Waals surface area contributed by atoms with Gasteiger partial charge in [-0.2, -0.15) is 0 Å². The van der Waals surface area contributed by atoms with Crippen LogP contribution in [0.5, 0.6) is 0 Å². The predicted octanol–water partition coefficient (Wildman–Crippen LogP) is 1.33. The Bertz CT molecular complexity index is 140. The normalized spacial score (nSPS) is 53.4. The van der Waals surface area contributed by atoms with Crippen molar-refractivity contribution in [2.75, 3.05) is 6.61 Å². The summed E-state index contributed by atoms with van der Waals surface area (Å²) >= 11 is 0. The molecule has 0 atom stereocenters. The zero-order valence-corrected chi connectivity index (χ0v) is 5.56. The van der Waals surface area contributed by atoms with Crippen molar-refractivity contribution in [1.82, 2.24) is 0 Å². The number of aliphatic hydroxyl groups excluding tert-OH is 1. The molecule has 3 aliphatic carbocycles. The standard InChI is InChI=1S/C8H12O/c1-2-7-3-8(4-7,5-7)6-9/h2,9H,1,3-6H2. The van der Waals surface area contributed by atoms with Gasteiger partial charge in [0.25, 0.3) is 0 Å². The maximum atomic E-state index is 8.86. The summed E-state index contributed by atoms with van der Waals surface area (Å²) < 4.78 is 0. The summed E-state index contributed by atoms with van der Waals surface area (Å²) in [5, 5.41) is 8.86. The van der Waals surface area contributed by atoms with Gasteiger partial charge in [-0.3, -0.25) is 0 Å². The second-order valence-electron chi connectivity index (χ2n) is 3.75. The van der Waals surface area contributed by atoms with Gasteiger partial charge in [0.05, 0.1) is 0 Å². The van der Waals surface area contributed by atoms with Gasteiger partial charge in [0.1, 0.15) is 0 Å². The third-order valence-electron chi connectivity index (χ3n) is 2.95. The first-order valence-electron chi connectivity index (χ1n) is 3.49. The second kappa shape index (κ2) is 1.24. The Morgan fingerprint density at radius 1 is 1.44 bits per heavy atom. The molecule has 0 aromatic heterocycles. The highest BCUT2D eigenvalue weighted by atomic mass is 16.3. The number of rotatable bonds is 2. The van der Waals surface area contributed by atoms with Crippen molar-refractivity contribution in [3.05, 3.63) is 12.7 Å². The van der Waals surface area contributed by atoms with Gasteiger partial charge in [-0.1, -0.05) is 6.08 Å². The lowest BCUT2D eigenvalue weighted by Crippen LogP contribution is -2.62. The van der Waals surface area contributed by atoms with Crippen molar-refractivity contribution >= 4 is 0 Å². The van der Waals surface area contributed by atoms with Crippen LogP contribution in [0.4, 0.5) is 0 Å². The van der Waals surface area contributed by atoms with Gasteiger partial charge < -0.3 is 5.11 Å². The molecule has 1 heteroatoms. The molecule has 3 aliphatic rings. The van der Waals surface area contributed by atoms with Crippen LogP contribution in [0.25, 0.3) is 0 Å². The quantitative estimate of drug-likeness (QED) is 0.551. The van der Waals surface area contributed by atoms with Gasteiger partial charge in [-0.05, 0) is 30.1 Å². The summed E-state index contributed by atoms with van der Waals surface area (Å²) in [5.41, 5.74) is 0.830. The lowest BCUT2D eigenvalue weighted by molar-refractivity contribution is -0.191. The van der Waals surface area contributed by atoms with E-state index in [2.05, 4.69) is 12.7 Å². The molecule has 0 heterocycles. The fraction of sp³-hybridized carbons (Fsp3) is 0.750. The zero-order valence-electron chi connectivity index (χ0n) is 5.56. The van der Waals surface area contributed by atoms with Crippen molar-refractivity contribution in [3.8, 4) is 0 Å². The lowest BCUT2D eigenvalue weighted by Gasteiger charge is -2.69. The SMILES string of the molecule is C=CC12CC(CO)(C1)C2. The number of hydrogen-bond donors (Lipinski definition) is 1. The van der Waals surface area contributed by atoms with Gasteiger partial charge in [-0.15, -0.1) is 6.58 Å². The van der Waals surface area contributed by atoms with Gasteiger partial charge in [0.2, 0.25) is 0 Å². The predicted molar refractivity (Wildman–Crippen MR) is 36.0 cm³/mol. The monoisotopic (exact) mass is 124 g/mol. The summed E-state index contributed by atoms with van der Waals surface area (Å²) in [5.74, 6) is 0. The minimum absolute atomic E-state index is 0.355. The smallest absolute Gasteiger partial charge is 0.0488 e. The molecular formula is C8H12O. The molecule has 2 bridgehead atoms. The molecule has 3 saturated carbocycles. The van der Waals surface area contributed by atoms with Crippen LogP contribution in [0.2, 0.25) is 0 Å². The molecule has 0 saturated heterocycles. The van der Waals surface area contributed by atoms with E-state index in [-0.39, 0.29) is 0 Å². The molecule has 3 fully saturated rings. The first-order valence-corrected chi connectivity index (χ1v) is 3.49. The summed E-state index contributed by atoms with van der Waals surface area (Å²) in [6, 6.07) is 0. The summed E-state index contributed by atoms with van der Waals surface area (Å²) in [6.45, 7) is 4.17. The maximum Gasteiger partial charge on any atom is 0.0488 e. The number of allylic oxidation sites excluding steroid dienone is 1. The van der Waals surface area contributed by atoms with Gasteiger partial charge in [-0.25, -0.2) is 0 Å². The third kappa shape index (κ3) is 0.445. The van der Waals surface area contributed by atoms with E-state index in [9.17, 15) is 0 Å². The summed E-state index contributed by atoms with van der Waals surface area (Å²) in [4.78, 5) is 0. The molecule has 0 aliphatic heterocycles. The average molecular weight is 124 g/mol. The van der Waals surface area contributed by atoms with E-state index >= 15 is 0 Å². The van der Waals surface area contributed by atoms with Crippen LogP contribution in [0.15, 0.2) is 12.7 Å². The Hall–Kier alpha value is -0.300. The van der Waals surface area contributed by atoms with Crippen LogP contribution in [0.1, 0.15) is 19.3 Å². The number of aliphatic hydroxyl groups is 1. The van der Waals surface area contributed by atoms with Crippen LogP contribution in [0.3, 0.4) is 0 Å². The molecule has 0 radical (unpaired) electrons. The van der Waals surface area contributed by atoms with Crippen LogP contribution in [0, 0.1) is 10.8 Å². The lowest BCUT2D eigenvalue weighted by atomic mass is 9.35. The maximum absolute atomic E-state index is 8.86. The van der Waals surface area contributed by atoms with Gasteiger partial charge in [0, 0.05) is 6.61 Å². The number of hydrogen-bond acceptors (Lipinski definition) is 1. The molecule has 1 nitrogen and oxygen atoms in total. The molecule has 0 aromatic rings. The van der Waals surface area contributed by atoms with Crippen LogP contribution in [-0.4, -0.2) is 11.7 Å². The molecule has 1 N–H and O–H groups in total.